The molecule has 1 aliphatic heterocycles. The molecule has 132 valence electrons. The lowest BCUT2D eigenvalue weighted by Crippen LogP contribution is -2.29. The third-order valence-corrected chi connectivity index (χ3v) is 5.12. The van der Waals surface area contributed by atoms with Gasteiger partial charge < -0.3 is 14.1 Å². The van der Waals surface area contributed by atoms with E-state index in [4.69, 9.17) is 9.15 Å². The van der Waals surface area contributed by atoms with E-state index in [1.807, 2.05) is 29.3 Å². The van der Waals surface area contributed by atoms with Crippen LogP contribution in [-0.4, -0.2) is 47.1 Å². The fraction of sp³-hybridized carbons (Fsp3) is 0.526. The number of carbonyl (C=O) groups excluding carboxylic acids is 1. The van der Waals surface area contributed by atoms with Crippen LogP contribution in [0.4, 0.5) is 0 Å². The van der Waals surface area contributed by atoms with E-state index in [-0.39, 0.29) is 17.7 Å². The Morgan fingerprint density at radius 1 is 1.28 bits per heavy atom. The molecule has 2 aliphatic rings. The molecule has 1 aliphatic carbocycles. The first-order chi connectivity index (χ1) is 12.2. The highest BCUT2D eigenvalue weighted by Gasteiger charge is 2.38. The molecule has 2 aromatic heterocycles. The van der Waals surface area contributed by atoms with Crippen molar-refractivity contribution in [3.05, 3.63) is 47.9 Å². The number of carbonyl (C=O) groups is 1. The Kier molecular flexibility index (Phi) is 4.53. The predicted molar refractivity (Wildman–Crippen MR) is 91.2 cm³/mol. The maximum Gasteiger partial charge on any atom is 0.291 e. The molecule has 6 nitrogen and oxygen atoms in total. The lowest BCUT2D eigenvalue weighted by atomic mass is 9.93. The van der Waals surface area contributed by atoms with E-state index in [1.165, 1.54) is 19.2 Å². The molecule has 1 saturated heterocycles. The van der Waals surface area contributed by atoms with Gasteiger partial charge in [0.2, 0.25) is 5.76 Å². The van der Waals surface area contributed by atoms with Gasteiger partial charge in [-0.1, -0.05) is 6.07 Å². The van der Waals surface area contributed by atoms with E-state index in [0.29, 0.717) is 31.2 Å². The van der Waals surface area contributed by atoms with Gasteiger partial charge in [0, 0.05) is 43.4 Å². The Balaban J connectivity index is 1.48. The van der Waals surface area contributed by atoms with Crippen molar-refractivity contribution in [3.8, 4) is 0 Å². The van der Waals surface area contributed by atoms with Gasteiger partial charge >= 0.3 is 0 Å². The minimum absolute atomic E-state index is 0.0966. The van der Waals surface area contributed by atoms with Crippen LogP contribution in [0, 0.1) is 18.8 Å². The maximum atomic E-state index is 12.8. The molecular formula is C19H23N3O3. The Morgan fingerprint density at radius 3 is 2.84 bits per heavy atom. The lowest BCUT2D eigenvalue weighted by Gasteiger charge is -2.17. The predicted octanol–water partition coefficient (Wildman–Crippen LogP) is 2.66. The number of ether oxygens (including phenoxy) is 1. The van der Waals surface area contributed by atoms with Crippen LogP contribution < -0.4 is 0 Å². The molecule has 0 radical (unpaired) electrons. The fourth-order valence-electron chi connectivity index (χ4n) is 3.46. The minimum Gasteiger partial charge on any atom is -0.438 e. The average Bonchev–Trinajstić information content (AvgIpc) is 3.20. The minimum atomic E-state index is -0.0966. The maximum absolute atomic E-state index is 12.8. The summed E-state index contributed by atoms with van der Waals surface area (Å²) < 4.78 is 11.2. The number of aryl methyl sites for hydroxylation is 1. The van der Waals surface area contributed by atoms with Gasteiger partial charge in [0.25, 0.3) is 5.91 Å². The van der Waals surface area contributed by atoms with Gasteiger partial charge in [0.1, 0.15) is 0 Å². The smallest absolute Gasteiger partial charge is 0.291 e. The van der Waals surface area contributed by atoms with Crippen molar-refractivity contribution < 1.29 is 13.9 Å². The van der Waals surface area contributed by atoms with E-state index >= 15 is 0 Å². The van der Waals surface area contributed by atoms with Gasteiger partial charge in [-0.05, 0) is 37.8 Å². The molecule has 25 heavy (non-hydrogen) atoms. The Morgan fingerprint density at radius 2 is 2.16 bits per heavy atom. The highest BCUT2D eigenvalue weighted by Crippen LogP contribution is 2.34. The van der Waals surface area contributed by atoms with Crippen LogP contribution in [-0.2, 0) is 4.74 Å². The van der Waals surface area contributed by atoms with Crippen molar-refractivity contribution in [1.82, 2.24) is 14.9 Å². The van der Waals surface area contributed by atoms with Crippen molar-refractivity contribution in [1.29, 1.82) is 0 Å². The number of rotatable bonds is 6. The van der Waals surface area contributed by atoms with Gasteiger partial charge in [-0.15, -0.1) is 0 Å². The number of aromatic nitrogens is 2. The van der Waals surface area contributed by atoms with Crippen LogP contribution in [0.2, 0.25) is 0 Å². The molecular weight excluding hydrogens is 318 g/mol. The second-order valence-corrected chi connectivity index (χ2v) is 7.08. The molecule has 0 aromatic carbocycles. The molecule has 1 amide bonds. The Bertz CT molecular complexity index is 727. The molecule has 2 fully saturated rings. The Hall–Kier alpha value is -2.21. The van der Waals surface area contributed by atoms with Gasteiger partial charge in [-0.25, -0.2) is 4.98 Å². The molecule has 2 atom stereocenters. The van der Waals surface area contributed by atoms with Crippen LogP contribution in [0.15, 0.2) is 35.2 Å². The zero-order valence-electron chi connectivity index (χ0n) is 14.4. The third-order valence-electron chi connectivity index (χ3n) is 5.12. The summed E-state index contributed by atoms with van der Waals surface area (Å²) >= 11 is 0. The highest BCUT2D eigenvalue weighted by molar-refractivity contribution is 5.92. The highest BCUT2D eigenvalue weighted by atomic mass is 16.5. The van der Waals surface area contributed by atoms with Crippen molar-refractivity contribution in [2.45, 2.75) is 25.7 Å². The molecule has 4 rings (SSSR count). The van der Waals surface area contributed by atoms with Gasteiger partial charge in [0.05, 0.1) is 12.3 Å². The van der Waals surface area contributed by atoms with E-state index in [1.54, 1.807) is 6.92 Å². The Labute approximate surface area is 147 Å². The molecule has 0 unspecified atom stereocenters. The van der Waals surface area contributed by atoms with Gasteiger partial charge in [-0.2, -0.15) is 0 Å². The summed E-state index contributed by atoms with van der Waals surface area (Å²) in [5.74, 6) is 1.41. The quantitative estimate of drug-likeness (QED) is 0.808. The summed E-state index contributed by atoms with van der Waals surface area (Å²) in [5, 5.41) is 0. The monoisotopic (exact) mass is 341 g/mol. The number of hydrogen-bond acceptors (Lipinski definition) is 5. The first-order valence-corrected chi connectivity index (χ1v) is 8.90. The third kappa shape index (κ3) is 3.58. The molecule has 6 heteroatoms. The lowest BCUT2D eigenvalue weighted by molar-refractivity contribution is 0.0712. The second-order valence-electron chi connectivity index (χ2n) is 7.08. The summed E-state index contributed by atoms with van der Waals surface area (Å²) in [4.78, 5) is 23.2. The topological polar surface area (TPSA) is 68.5 Å². The molecule has 0 spiro atoms. The van der Waals surface area contributed by atoms with Crippen LogP contribution >= 0.6 is 0 Å². The van der Waals surface area contributed by atoms with Crippen molar-refractivity contribution in [2.75, 3.05) is 26.3 Å². The summed E-state index contributed by atoms with van der Waals surface area (Å²) in [7, 11) is 0. The second kappa shape index (κ2) is 6.96. The van der Waals surface area contributed by atoms with Crippen molar-refractivity contribution >= 4 is 5.91 Å². The van der Waals surface area contributed by atoms with Crippen LogP contribution in [0.25, 0.3) is 0 Å². The van der Waals surface area contributed by atoms with Gasteiger partial charge in [0.15, 0.2) is 6.39 Å². The number of hydrogen-bond donors (Lipinski definition) is 0. The standard InChI is InChI=1S/C19H23N3O3/c1-13-18(25-12-21-13)19(23)22-8-15(11-24-10-14-5-6-14)16(9-22)17-4-2-3-7-20-17/h2-4,7,12,14-16H,5-6,8-11H2,1H3/t15-,16+/m0/s1. The molecule has 2 aromatic rings. The van der Waals surface area contributed by atoms with E-state index in [9.17, 15) is 4.79 Å². The summed E-state index contributed by atoms with van der Waals surface area (Å²) in [6, 6.07) is 5.94. The first-order valence-electron chi connectivity index (χ1n) is 8.90. The number of amides is 1. The van der Waals surface area contributed by atoms with Crippen LogP contribution in [0.1, 0.15) is 40.7 Å². The molecule has 0 bridgehead atoms. The number of nitrogens with zero attached hydrogens (tertiary/aromatic N) is 3. The van der Waals surface area contributed by atoms with E-state index in [0.717, 1.165) is 18.2 Å². The first kappa shape index (κ1) is 16.3. The SMILES string of the molecule is Cc1ncoc1C(=O)N1C[C@@H](COCC2CC2)[C@H](c2ccccn2)C1. The summed E-state index contributed by atoms with van der Waals surface area (Å²) in [5.41, 5.74) is 1.65. The normalized spacial score (nSPS) is 23.2. The average molecular weight is 341 g/mol. The van der Waals surface area contributed by atoms with Crippen LogP contribution in [0.3, 0.4) is 0 Å². The number of pyridine rings is 1. The number of likely N-dealkylation sites (tertiary alicyclic amines) is 1. The van der Waals surface area contributed by atoms with E-state index in [2.05, 4.69) is 9.97 Å². The zero-order chi connectivity index (χ0) is 17.2. The molecule has 3 heterocycles. The van der Waals surface area contributed by atoms with Gasteiger partial charge in [-0.3, -0.25) is 9.78 Å². The fourth-order valence-corrected chi connectivity index (χ4v) is 3.46. The number of oxazole rings is 1. The van der Waals surface area contributed by atoms with Crippen LogP contribution in [0.5, 0.6) is 0 Å². The largest absolute Gasteiger partial charge is 0.438 e. The zero-order valence-corrected chi connectivity index (χ0v) is 14.4. The van der Waals surface area contributed by atoms with Crippen molar-refractivity contribution in [3.63, 3.8) is 0 Å². The summed E-state index contributed by atoms with van der Waals surface area (Å²) in [6.07, 6.45) is 5.70. The van der Waals surface area contributed by atoms with Crippen molar-refractivity contribution in [2.24, 2.45) is 11.8 Å². The molecule has 1 saturated carbocycles. The summed E-state index contributed by atoms with van der Waals surface area (Å²) in [6.45, 7) is 4.58. The molecule has 0 N–H and O–H groups in total. The van der Waals surface area contributed by atoms with E-state index < -0.39 is 0 Å².